The molecule has 2 aliphatic heterocycles. The predicted molar refractivity (Wildman–Crippen MR) is 97.4 cm³/mol. The van der Waals surface area contributed by atoms with E-state index in [2.05, 4.69) is 10.2 Å². The minimum atomic E-state index is -0.169. The monoisotopic (exact) mass is 336 g/mol. The molecule has 0 spiro atoms. The van der Waals surface area contributed by atoms with Gasteiger partial charge < -0.3 is 15.3 Å². The van der Waals surface area contributed by atoms with Crippen molar-refractivity contribution in [3.63, 3.8) is 0 Å². The molecule has 4 nitrogen and oxygen atoms in total. The van der Waals surface area contributed by atoms with Gasteiger partial charge in [0.25, 0.3) is 0 Å². The van der Waals surface area contributed by atoms with Crippen molar-refractivity contribution < 1.29 is 9.90 Å². The summed E-state index contributed by atoms with van der Waals surface area (Å²) in [5.74, 6) is 1.53. The molecular weight excluding hydrogens is 312 g/mol. The number of carbonyl (C=O) groups is 1. The van der Waals surface area contributed by atoms with Crippen LogP contribution in [0, 0.1) is 11.8 Å². The number of rotatable bonds is 4. The molecule has 2 heterocycles. The van der Waals surface area contributed by atoms with Crippen LogP contribution in [0.4, 0.5) is 0 Å². The Morgan fingerprint density at radius 2 is 1.68 bits per heavy atom. The first-order valence-electron chi connectivity index (χ1n) is 9.03. The number of fused-ring (bicyclic) bond motifs is 1. The molecule has 2 aromatic rings. The van der Waals surface area contributed by atoms with E-state index >= 15 is 0 Å². The van der Waals surface area contributed by atoms with E-state index in [4.69, 9.17) is 0 Å². The standard InChI is InChI=1S/C21H24N2O2/c24-19-8-6-15(7-9-19)10-20(16-4-2-1-3-5-16)21(25)23-13-17-11-22-12-18(17)14-23/h1-9,17-18,20,22,24H,10-14H2/t17-,18+,20-/m0/s1. The summed E-state index contributed by atoms with van der Waals surface area (Å²) in [4.78, 5) is 15.4. The maximum absolute atomic E-state index is 13.3. The van der Waals surface area contributed by atoms with Gasteiger partial charge in [0.05, 0.1) is 5.92 Å². The average Bonchev–Trinajstić information content (AvgIpc) is 3.23. The van der Waals surface area contributed by atoms with Crippen molar-refractivity contribution in [3.8, 4) is 5.75 Å². The fourth-order valence-electron chi connectivity index (χ4n) is 4.16. The molecule has 0 unspecified atom stereocenters. The van der Waals surface area contributed by atoms with Gasteiger partial charge >= 0.3 is 0 Å². The van der Waals surface area contributed by atoms with Crippen molar-refractivity contribution in [2.24, 2.45) is 11.8 Å². The Balaban J connectivity index is 1.56. The smallest absolute Gasteiger partial charge is 0.230 e. The molecule has 2 N–H and O–H groups in total. The second-order valence-corrected chi connectivity index (χ2v) is 7.26. The van der Waals surface area contributed by atoms with Crippen molar-refractivity contribution in [2.45, 2.75) is 12.3 Å². The molecule has 0 aromatic heterocycles. The molecule has 0 radical (unpaired) electrons. The van der Waals surface area contributed by atoms with E-state index in [9.17, 15) is 9.90 Å². The molecular formula is C21H24N2O2. The number of amides is 1. The lowest BCUT2D eigenvalue weighted by Crippen LogP contribution is -2.36. The van der Waals surface area contributed by atoms with Crippen LogP contribution < -0.4 is 5.32 Å². The van der Waals surface area contributed by atoms with Crippen molar-refractivity contribution >= 4 is 5.91 Å². The van der Waals surface area contributed by atoms with Crippen molar-refractivity contribution in [1.29, 1.82) is 0 Å². The summed E-state index contributed by atoms with van der Waals surface area (Å²) in [5, 5.41) is 12.9. The SMILES string of the molecule is O=C([C@@H](Cc1ccc(O)cc1)c1ccccc1)N1C[C@H]2CNC[C@H]2C1. The highest BCUT2D eigenvalue weighted by Crippen LogP contribution is 2.31. The van der Waals surface area contributed by atoms with Crippen molar-refractivity contribution in [2.75, 3.05) is 26.2 Å². The quantitative estimate of drug-likeness (QED) is 0.901. The Bertz CT molecular complexity index is 717. The van der Waals surface area contributed by atoms with Crippen LogP contribution in [0.15, 0.2) is 54.6 Å². The summed E-state index contributed by atoms with van der Waals surface area (Å²) in [7, 11) is 0. The van der Waals surface area contributed by atoms with Gasteiger partial charge in [0.15, 0.2) is 0 Å². The number of nitrogens with zero attached hydrogens (tertiary/aromatic N) is 1. The number of likely N-dealkylation sites (tertiary alicyclic amines) is 1. The zero-order chi connectivity index (χ0) is 17.2. The largest absolute Gasteiger partial charge is 0.508 e. The summed E-state index contributed by atoms with van der Waals surface area (Å²) < 4.78 is 0. The first kappa shape index (κ1) is 16.2. The van der Waals surface area contributed by atoms with Gasteiger partial charge in [-0.05, 0) is 41.5 Å². The second kappa shape index (κ2) is 6.89. The third-order valence-electron chi connectivity index (χ3n) is 5.58. The normalized spacial score (nSPS) is 23.4. The number of aromatic hydroxyl groups is 1. The minimum absolute atomic E-state index is 0.169. The summed E-state index contributed by atoms with van der Waals surface area (Å²) in [6.45, 7) is 3.80. The minimum Gasteiger partial charge on any atom is -0.508 e. The van der Waals surface area contributed by atoms with Crippen LogP contribution in [0.5, 0.6) is 5.75 Å². The van der Waals surface area contributed by atoms with E-state index in [1.54, 1.807) is 12.1 Å². The lowest BCUT2D eigenvalue weighted by molar-refractivity contribution is -0.132. The number of phenolic OH excluding ortho intramolecular Hbond substituents is 1. The Morgan fingerprint density at radius 1 is 1.04 bits per heavy atom. The molecule has 2 fully saturated rings. The number of phenols is 1. The molecule has 3 atom stereocenters. The van der Waals surface area contributed by atoms with Gasteiger partial charge in [-0.25, -0.2) is 0 Å². The lowest BCUT2D eigenvalue weighted by Gasteiger charge is -2.25. The van der Waals surface area contributed by atoms with Crippen LogP contribution in [-0.4, -0.2) is 42.1 Å². The van der Waals surface area contributed by atoms with E-state index in [0.29, 0.717) is 18.3 Å². The topological polar surface area (TPSA) is 52.6 Å². The van der Waals surface area contributed by atoms with Gasteiger partial charge in [0.1, 0.15) is 5.75 Å². The van der Waals surface area contributed by atoms with Crippen molar-refractivity contribution in [1.82, 2.24) is 10.2 Å². The molecule has 0 saturated carbocycles. The van der Waals surface area contributed by atoms with E-state index in [1.807, 2.05) is 42.5 Å². The third kappa shape index (κ3) is 3.40. The first-order valence-corrected chi connectivity index (χ1v) is 9.03. The number of nitrogens with one attached hydrogen (secondary N) is 1. The van der Waals surface area contributed by atoms with Gasteiger partial charge in [0.2, 0.25) is 5.91 Å². The number of carbonyl (C=O) groups excluding carboxylic acids is 1. The van der Waals surface area contributed by atoms with Gasteiger partial charge in [-0.3, -0.25) is 4.79 Å². The Kier molecular flexibility index (Phi) is 4.45. The highest BCUT2D eigenvalue weighted by Gasteiger charge is 2.40. The van der Waals surface area contributed by atoms with E-state index in [0.717, 1.165) is 37.3 Å². The Morgan fingerprint density at radius 3 is 2.32 bits per heavy atom. The maximum atomic E-state index is 13.3. The Labute approximate surface area is 148 Å². The summed E-state index contributed by atoms with van der Waals surface area (Å²) in [6, 6.07) is 17.2. The predicted octanol–water partition coefficient (Wildman–Crippen LogP) is 2.40. The molecule has 2 aliphatic rings. The summed E-state index contributed by atoms with van der Waals surface area (Å²) in [6.07, 6.45) is 0.660. The van der Waals surface area contributed by atoms with Gasteiger partial charge in [0, 0.05) is 26.2 Å². The molecule has 4 heteroatoms. The van der Waals surface area contributed by atoms with Gasteiger partial charge in [-0.15, -0.1) is 0 Å². The van der Waals surface area contributed by atoms with Crippen LogP contribution in [0.1, 0.15) is 17.0 Å². The fourth-order valence-corrected chi connectivity index (χ4v) is 4.16. The van der Waals surface area contributed by atoms with E-state index in [1.165, 1.54) is 0 Å². The number of benzene rings is 2. The first-order chi connectivity index (χ1) is 12.2. The summed E-state index contributed by atoms with van der Waals surface area (Å²) in [5.41, 5.74) is 2.14. The van der Waals surface area contributed by atoms with Gasteiger partial charge in [-0.2, -0.15) is 0 Å². The van der Waals surface area contributed by atoms with Gasteiger partial charge in [-0.1, -0.05) is 42.5 Å². The zero-order valence-corrected chi connectivity index (χ0v) is 14.3. The molecule has 2 aromatic carbocycles. The molecule has 0 aliphatic carbocycles. The maximum Gasteiger partial charge on any atom is 0.230 e. The lowest BCUT2D eigenvalue weighted by atomic mass is 9.90. The summed E-state index contributed by atoms with van der Waals surface area (Å²) >= 11 is 0. The second-order valence-electron chi connectivity index (χ2n) is 7.26. The average molecular weight is 336 g/mol. The van der Waals surface area contributed by atoms with Crippen LogP contribution >= 0.6 is 0 Å². The molecule has 4 rings (SSSR count). The molecule has 25 heavy (non-hydrogen) atoms. The van der Waals surface area contributed by atoms with Crippen LogP contribution in [0.2, 0.25) is 0 Å². The molecule has 130 valence electrons. The third-order valence-corrected chi connectivity index (χ3v) is 5.58. The van der Waals surface area contributed by atoms with Crippen LogP contribution in [0.25, 0.3) is 0 Å². The molecule has 1 amide bonds. The zero-order valence-electron chi connectivity index (χ0n) is 14.3. The molecule has 0 bridgehead atoms. The van der Waals surface area contributed by atoms with Crippen LogP contribution in [-0.2, 0) is 11.2 Å². The number of hydrogen-bond donors (Lipinski definition) is 2. The van der Waals surface area contributed by atoms with Crippen LogP contribution in [0.3, 0.4) is 0 Å². The number of hydrogen-bond acceptors (Lipinski definition) is 3. The highest BCUT2D eigenvalue weighted by molar-refractivity contribution is 5.84. The highest BCUT2D eigenvalue weighted by atomic mass is 16.3. The van der Waals surface area contributed by atoms with Crippen molar-refractivity contribution in [3.05, 3.63) is 65.7 Å². The molecule has 2 saturated heterocycles. The fraction of sp³-hybridized carbons (Fsp3) is 0.381. The Hall–Kier alpha value is -2.33. The van der Waals surface area contributed by atoms with E-state index < -0.39 is 0 Å². The van der Waals surface area contributed by atoms with E-state index in [-0.39, 0.29) is 17.6 Å².